The molecular formula is C18H19N3. The Labute approximate surface area is 125 Å². The molecule has 2 aromatic rings. The molecule has 1 fully saturated rings. The molecule has 3 heteroatoms. The summed E-state index contributed by atoms with van der Waals surface area (Å²) < 4.78 is 0. The predicted molar refractivity (Wildman–Crippen MR) is 84.1 cm³/mol. The van der Waals surface area contributed by atoms with Crippen molar-refractivity contribution in [3.8, 4) is 6.07 Å². The molecule has 106 valence electrons. The SMILES string of the molecule is Cc1ccc(NC2CC(C#N)(c3ccccc3)C2)c(C)n1. The predicted octanol–water partition coefficient (Wildman–Crippen LogP) is 3.73. The Bertz CT molecular complexity index is 679. The number of nitrogens with zero attached hydrogens (tertiary/aromatic N) is 2. The van der Waals surface area contributed by atoms with Crippen LogP contribution in [-0.4, -0.2) is 11.0 Å². The Hall–Kier alpha value is -2.34. The molecule has 0 amide bonds. The second kappa shape index (κ2) is 5.21. The molecule has 0 aliphatic heterocycles. The van der Waals surface area contributed by atoms with E-state index in [1.54, 1.807) is 0 Å². The maximum Gasteiger partial charge on any atom is 0.0861 e. The monoisotopic (exact) mass is 277 g/mol. The minimum absolute atomic E-state index is 0.328. The lowest BCUT2D eigenvalue weighted by Crippen LogP contribution is -2.47. The van der Waals surface area contributed by atoms with E-state index < -0.39 is 0 Å². The third-order valence-electron chi connectivity index (χ3n) is 4.31. The molecule has 0 spiro atoms. The minimum Gasteiger partial charge on any atom is -0.381 e. The fourth-order valence-corrected chi connectivity index (χ4v) is 3.09. The first-order chi connectivity index (χ1) is 10.1. The Morgan fingerprint density at radius 1 is 1.14 bits per heavy atom. The summed E-state index contributed by atoms with van der Waals surface area (Å²) in [5, 5.41) is 13.1. The van der Waals surface area contributed by atoms with Gasteiger partial charge in [0.05, 0.1) is 22.9 Å². The van der Waals surface area contributed by atoms with Crippen LogP contribution in [0.1, 0.15) is 29.8 Å². The van der Waals surface area contributed by atoms with E-state index in [0.29, 0.717) is 6.04 Å². The first-order valence-corrected chi connectivity index (χ1v) is 7.30. The molecule has 0 saturated heterocycles. The summed E-state index contributed by atoms with van der Waals surface area (Å²) in [6.45, 7) is 4.01. The van der Waals surface area contributed by atoms with Gasteiger partial charge >= 0.3 is 0 Å². The summed E-state index contributed by atoms with van der Waals surface area (Å²) >= 11 is 0. The van der Waals surface area contributed by atoms with Gasteiger partial charge in [0, 0.05) is 11.7 Å². The molecule has 3 rings (SSSR count). The topological polar surface area (TPSA) is 48.7 Å². The van der Waals surface area contributed by atoms with Crippen LogP contribution in [-0.2, 0) is 5.41 Å². The van der Waals surface area contributed by atoms with Crippen molar-refractivity contribution in [1.29, 1.82) is 5.26 Å². The third kappa shape index (κ3) is 2.50. The van der Waals surface area contributed by atoms with Crippen LogP contribution in [0.5, 0.6) is 0 Å². The average molecular weight is 277 g/mol. The quantitative estimate of drug-likeness (QED) is 0.929. The van der Waals surface area contributed by atoms with Crippen molar-refractivity contribution < 1.29 is 0 Å². The molecule has 1 aliphatic carbocycles. The van der Waals surface area contributed by atoms with Crippen LogP contribution < -0.4 is 5.32 Å². The lowest BCUT2D eigenvalue weighted by atomic mass is 9.62. The zero-order valence-corrected chi connectivity index (χ0v) is 12.4. The molecule has 0 atom stereocenters. The normalized spacial score (nSPS) is 24.0. The maximum absolute atomic E-state index is 9.57. The molecule has 1 heterocycles. The van der Waals surface area contributed by atoms with E-state index in [-0.39, 0.29) is 5.41 Å². The number of anilines is 1. The minimum atomic E-state index is -0.328. The van der Waals surface area contributed by atoms with Gasteiger partial charge < -0.3 is 5.32 Å². The number of benzene rings is 1. The van der Waals surface area contributed by atoms with Crippen LogP contribution in [0.15, 0.2) is 42.5 Å². The van der Waals surface area contributed by atoms with Gasteiger partial charge in [-0.25, -0.2) is 0 Å². The first-order valence-electron chi connectivity index (χ1n) is 7.30. The molecule has 1 aromatic carbocycles. The summed E-state index contributed by atoms with van der Waals surface area (Å²) in [4.78, 5) is 4.47. The molecule has 1 aromatic heterocycles. The van der Waals surface area contributed by atoms with Crippen molar-refractivity contribution in [2.45, 2.75) is 38.1 Å². The number of pyridine rings is 1. The van der Waals surface area contributed by atoms with Gasteiger partial charge in [0.25, 0.3) is 0 Å². The van der Waals surface area contributed by atoms with Gasteiger partial charge in [-0.3, -0.25) is 4.98 Å². The Balaban J connectivity index is 1.71. The van der Waals surface area contributed by atoms with Gasteiger partial charge in [0.15, 0.2) is 0 Å². The van der Waals surface area contributed by atoms with Crippen LogP contribution in [0.25, 0.3) is 0 Å². The van der Waals surface area contributed by atoms with E-state index in [1.165, 1.54) is 0 Å². The third-order valence-corrected chi connectivity index (χ3v) is 4.31. The molecule has 21 heavy (non-hydrogen) atoms. The van der Waals surface area contributed by atoms with Crippen molar-refractivity contribution in [3.05, 3.63) is 59.4 Å². The number of nitrogens with one attached hydrogen (secondary N) is 1. The van der Waals surface area contributed by atoms with Gasteiger partial charge in [0.1, 0.15) is 0 Å². The first kappa shape index (κ1) is 13.6. The maximum atomic E-state index is 9.57. The van der Waals surface area contributed by atoms with E-state index in [1.807, 2.05) is 38.1 Å². The number of aryl methyl sites for hydroxylation is 2. The highest BCUT2D eigenvalue weighted by atomic mass is 15.0. The van der Waals surface area contributed by atoms with E-state index >= 15 is 0 Å². The van der Waals surface area contributed by atoms with E-state index in [0.717, 1.165) is 35.5 Å². The van der Waals surface area contributed by atoms with E-state index in [2.05, 4.69) is 34.6 Å². The molecular weight excluding hydrogens is 258 g/mol. The van der Waals surface area contributed by atoms with Crippen molar-refractivity contribution in [1.82, 2.24) is 4.98 Å². The molecule has 0 radical (unpaired) electrons. The molecule has 1 saturated carbocycles. The zero-order valence-electron chi connectivity index (χ0n) is 12.4. The number of rotatable bonds is 3. The van der Waals surface area contributed by atoms with Crippen molar-refractivity contribution in [2.24, 2.45) is 0 Å². The lowest BCUT2D eigenvalue weighted by Gasteiger charge is -2.43. The van der Waals surface area contributed by atoms with E-state index in [4.69, 9.17) is 0 Å². The standard InChI is InChI=1S/C18H19N3/c1-13-8-9-17(14(2)20-13)21-16-10-18(11-16,12-19)15-6-4-3-5-7-15/h3-9,16,21H,10-11H2,1-2H3. The molecule has 3 nitrogen and oxygen atoms in total. The lowest BCUT2D eigenvalue weighted by molar-refractivity contribution is 0.289. The Morgan fingerprint density at radius 3 is 2.48 bits per heavy atom. The summed E-state index contributed by atoms with van der Waals surface area (Å²) in [5.74, 6) is 0. The van der Waals surface area contributed by atoms with Gasteiger partial charge in [-0.05, 0) is 44.4 Å². The average Bonchev–Trinajstić information content (AvgIpc) is 2.45. The van der Waals surface area contributed by atoms with Gasteiger partial charge in [-0.1, -0.05) is 30.3 Å². The van der Waals surface area contributed by atoms with Gasteiger partial charge in [0.2, 0.25) is 0 Å². The van der Waals surface area contributed by atoms with Crippen LogP contribution >= 0.6 is 0 Å². The summed E-state index contributed by atoms with van der Waals surface area (Å²) in [6.07, 6.45) is 1.70. The fourth-order valence-electron chi connectivity index (χ4n) is 3.09. The van der Waals surface area contributed by atoms with Crippen LogP contribution in [0.4, 0.5) is 5.69 Å². The zero-order chi connectivity index (χ0) is 14.9. The highest BCUT2D eigenvalue weighted by Crippen LogP contribution is 2.44. The second-order valence-electron chi connectivity index (χ2n) is 5.90. The van der Waals surface area contributed by atoms with Gasteiger partial charge in [-0.2, -0.15) is 5.26 Å². The van der Waals surface area contributed by atoms with Crippen LogP contribution in [0.2, 0.25) is 0 Å². The Morgan fingerprint density at radius 2 is 1.86 bits per heavy atom. The fraction of sp³-hybridized carbons (Fsp3) is 0.333. The highest BCUT2D eigenvalue weighted by Gasteiger charge is 2.46. The number of nitriles is 1. The largest absolute Gasteiger partial charge is 0.381 e. The summed E-state index contributed by atoms with van der Waals surface area (Å²) in [6, 6.07) is 17.1. The number of aromatic nitrogens is 1. The molecule has 0 unspecified atom stereocenters. The van der Waals surface area contributed by atoms with E-state index in [9.17, 15) is 5.26 Å². The second-order valence-corrected chi connectivity index (χ2v) is 5.90. The molecule has 1 aliphatic rings. The summed E-state index contributed by atoms with van der Waals surface area (Å²) in [7, 11) is 0. The number of hydrogen-bond acceptors (Lipinski definition) is 3. The van der Waals surface area contributed by atoms with Crippen molar-refractivity contribution in [2.75, 3.05) is 5.32 Å². The molecule has 1 N–H and O–H groups in total. The van der Waals surface area contributed by atoms with Crippen LogP contribution in [0, 0.1) is 25.2 Å². The smallest absolute Gasteiger partial charge is 0.0861 e. The highest BCUT2D eigenvalue weighted by molar-refractivity contribution is 5.50. The van der Waals surface area contributed by atoms with Crippen molar-refractivity contribution in [3.63, 3.8) is 0 Å². The van der Waals surface area contributed by atoms with Gasteiger partial charge in [-0.15, -0.1) is 0 Å². The number of hydrogen-bond donors (Lipinski definition) is 1. The Kier molecular flexibility index (Phi) is 3.39. The molecule has 0 bridgehead atoms. The summed E-state index contributed by atoms with van der Waals surface area (Å²) in [5.41, 5.74) is 3.92. The van der Waals surface area contributed by atoms with Crippen molar-refractivity contribution >= 4 is 5.69 Å². The van der Waals surface area contributed by atoms with Crippen LogP contribution in [0.3, 0.4) is 0 Å².